The number of hydrogen-bond donors (Lipinski definition) is 0. The molecule has 0 amide bonds. The van der Waals surface area contributed by atoms with Gasteiger partial charge < -0.3 is 18.9 Å². The molecular formula is C38H24B2O4. The van der Waals surface area contributed by atoms with Gasteiger partial charge in [0.2, 0.25) is 0 Å². The predicted octanol–water partition coefficient (Wildman–Crippen LogP) is 5.04. The molecule has 0 bridgehead atoms. The van der Waals surface area contributed by atoms with E-state index in [1.54, 1.807) is 0 Å². The van der Waals surface area contributed by atoms with E-state index in [0.717, 1.165) is 79.0 Å². The number of fused-ring (bicyclic) bond motifs is 8. The number of rotatable bonds is 2. The van der Waals surface area contributed by atoms with Crippen LogP contribution in [-0.4, -0.2) is 13.4 Å². The van der Waals surface area contributed by atoms with Crippen LogP contribution in [0.25, 0.3) is 0 Å². The van der Waals surface area contributed by atoms with Crippen molar-refractivity contribution in [2.45, 2.75) is 13.3 Å². The molecule has 0 unspecified atom stereocenters. The second kappa shape index (κ2) is 8.84. The molecule has 6 aromatic carbocycles. The van der Waals surface area contributed by atoms with Gasteiger partial charge in [0.1, 0.15) is 46.0 Å². The van der Waals surface area contributed by atoms with Crippen molar-refractivity contribution in [1.82, 2.24) is 0 Å². The minimum Gasteiger partial charge on any atom is -0.458 e. The SMILES string of the molecule is Cc1cc2c3c(c1)Oc1ccc(Cc4ccc5c6c4Oc4ccccc4B6c4ccccc4O5)cc1B3c1ccccc1O2. The van der Waals surface area contributed by atoms with Crippen molar-refractivity contribution in [3.05, 3.63) is 132 Å². The summed E-state index contributed by atoms with van der Waals surface area (Å²) in [6.07, 6.45) is 0.713. The van der Waals surface area contributed by atoms with Gasteiger partial charge in [-0.15, -0.1) is 0 Å². The van der Waals surface area contributed by atoms with Crippen molar-refractivity contribution in [2.24, 2.45) is 0 Å². The van der Waals surface area contributed by atoms with Crippen LogP contribution in [-0.2, 0) is 6.42 Å². The molecule has 0 spiro atoms. The minimum atomic E-state index is 0.0357. The van der Waals surface area contributed by atoms with Gasteiger partial charge in [0.25, 0.3) is 13.4 Å². The number of aryl methyl sites for hydroxylation is 1. The van der Waals surface area contributed by atoms with Crippen LogP contribution in [0.5, 0.6) is 46.0 Å². The molecule has 0 saturated carbocycles. The second-order valence-electron chi connectivity index (χ2n) is 12.1. The maximum Gasteiger partial charge on any atom is 0.260 e. The van der Waals surface area contributed by atoms with Gasteiger partial charge in [-0.2, -0.15) is 0 Å². The van der Waals surface area contributed by atoms with Crippen LogP contribution in [0.4, 0.5) is 0 Å². The molecule has 0 saturated heterocycles. The molecule has 0 atom stereocenters. The van der Waals surface area contributed by atoms with E-state index in [2.05, 4.69) is 104 Å². The van der Waals surface area contributed by atoms with Crippen molar-refractivity contribution >= 4 is 46.2 Å². The van der Waals surface area contributed by atoms with Gasteiger partial charge in [0.15, 0.2) is 0 Å². The number of para-hydroxylation sites is 3. The summed E-state index contributed by atoms with van der Waals surface area (Å²) in [6, 6.07) is 40.2. The fourth-order valence-corrected chi connectivity index (χ4v) is 7.54. The summed E-state index contributed by atoms with van der Waals surface area (Å²) in [5.41, 5.74) is 10.3. The van der Waals surface area contributed by atoms with Crippen molar-refractivity contribution < 1.29 is 18.9 Å². The van der Waals surface area contributed by atoms with E-state index in [1.165, 1.54) is 16.5 Å². The first-order valence-electron chi connectivity index (χ1n) is 15.1. The van der Waals surface area contributed by atoms with E-state index < -0.39 is 0 Å². The number of ether oxygens (including phenoxy) is 4. The Hall–Kier alpha value is -5.35. The van der Waals surface area contributed by atoms with Gasteiger partial charge in [-0.05, 0) is 87.9 Å². The first-order valence-corrected chi connectivity index (χ1v) is 15.1. The molecule has 4 heterocycles. The fourth-order valence-electron chi connectivity index (χ4n) is 7.54. The Morgan fingerprint density at radius 1 is 0.455 bits per heavy atom. The average Bonchev–Trinajstić information content (AvgIpc) is 3.05. The van der Waals surface area contributed by atoms with Gasteiger partial charge >= 0.3 is 0 Å². The summed E-state index contributed by atoms with van der Waals surface area (Å²) in [5, 5.41) is 0. The van der Waals surface area contributed by atoms with E-state index in [9.17, 15) is 0 Å². The van der Waals surface area contributed by atoms with Crippen LogP contribution in [0.1, 0.15) is 16.7 Å². The van der Waals surface area contributed by atoms with Gasteiger partial charge in [-0.3, -0.25) is 0 Å². The van der Waals surface area contributed by atoms with Crippen molar-refractivity contribution in [3.63, 3.8) is 0 Å². The van der Waals surface area contributed by atoms with E-state index in [1.807, 2.05) is 18.2 Å². The van der Waals surface area contributed by atoms with Gasteiger partial charge in [-0.1, -0.05) is 72.8 Å². The Labute approximate surface area is 256 Å². The van der Waals surface area contributed by atoms with Crippen molar-refractivity contribution in [3.8, 4) is 46.0 Å². The Kier molecular flexibility index (Phi) is 4.85. The summed E-state index contributed by atoms with van der Waals surface area (Å²) in [4.78, 5) is 0. The molecule has 206 valence electrons. The molecule has 0 radical (unpaired) electrons. The maximum atomic E-state index is 6.71. The Bertz CT molecular complexity index is 2180. The molecule has 44 heavy (non-hydrogen) atoms. The van der Waals surface area contributed by atoms with E-state index >= 15 is 0 Å². The van der Waals surface area contributed by atoms with Crippen molar-refractivity contribution in [1.29, 1.82) is 0 Å². The molecule has 4 nitrogen and oxygen atoms in total. The molecule has 6 heteroatoms. The normalized spacial score (nSPS) is 13.8. The Balaban J connectivity index is 1.10. The molecule has 0 aromatic heterocycles. The van der Waals surface area contributed by atoms with Crippen LogP contribution in [0.2, 0.25) is 0 Å². The summed E-state index contributed by atoms with van der Waals surface area (Å²) in [6.45, 7) is 2.18. The third-order valence-corrected chi connectivity index (χ3v) is 9.41. The highest BCUT2D eigenvalue weighted by molar-refractivity contribution is 6.99. The Morgan fingerprint density at radius 2 is 0.977 bits per heavy atom. The van der Waals surface area contributed by atoms with Crippen LogP contribution in [0, 0.1) is 6.92 Å². The number of benzene rings is 6. The van der Waals surface area contributed by atoms with Gasteiger partial charge in [0, 0.05) is 17.3 Å². The largest absolute Gasteiger partial charge is 0.458 e. The third-order valence-electron chi connectivity index (χ3n) is 9.41. The molecule has 0 fully saturated rings. The predicted molar refractivity (Wildman–Crippen MR) is 176 cm³/mol. The lowest BCUT2D eigenvalue weighted by Crippen LogP contribution is -2.57. The molecule has 0 aliphatic carbocycles. The lowest BCUT2D eigenvalue weighted by Gasteiger charge is -2.34. The zero-order valence-electron chi connectivity index (χ0n) is 24.0. The lowest BCUT2D eigenvalue weighted by molar-refractivity contribution is 0.461. The first kappa shape index (κ1) is 24.1. The average molecular weight is 566 g/mol. The standard InChI is InChI=1S/C38H24B2O4/c1-22-18-34-36-35(19-22)43-32-16-14-23(21-28(32)40(36)26-9-3-6-12-30(26)42-34)20-24-15-17-33-37-38(24)44-31-13-7-4-10-27(31)39(37)25-8-2-5-11-29(25)41-33/h2-19,21H,20H2,1H3. The highest BCUT2D eigenvalue weighted by atomic mass is 16.5. The molecule has 4 aliphatic heterocycles. The summed E-state index contributed by atoms with van der Waals surface area (Å²) in [5.74, 6) is 7.10. The third kappa shape index (κ3) is 3.37. The van der Waals surface area contributed by atoms with Crippen LogP contribution >= 0.6 is 0 Å². The lowest BCUT2D eigenvalue weighted by atomic mass is 9.34. The molecule has 6 aromatic rings. The van der Waals surface area contributed by atoms with E-state index in [-0.39, 0.29) is 13.4 Å². The van der Waals surface area contributed by atoms with E-state index in [4.69, 9.17) is 18.9 Å². The fraction of sp³-hybridized carbons (Fsp3) is 0.0526. The van der Waals surface area contributed by atoms with Crippen LogP contribution in [0.3, 0.4) is 0 Å². The number of hydrogen-bond acceptors (Lipinski definition) is 4. The monoisotopic (exact) mass is 566 g/mol. The zero-order chi connectivity index (χ0) is 28.9. The highest BCUT2D eigenvalue weighted by Gasteiger charge is 2.42. The van der Waals surface area contributed by atoms with E-state index in [0.29, 0.717) is 6.42 Å². The van der Waals surface area contributed by atoms with Crippen LogP contribution in [0.15, 0.2) is 115 Å². The molecule has 0 N–H and O–H groups in total. The maximum absolute atomic E-state index is 6.71. The smallest absolute Gasteiger partial charge is 0.260 e. The summed E-state index contributed by atoms with van der Waals surface area (Å²) < 4.78 is 26.0. The van der Waals surface area contributed by atoms with Crippen LogP contribution < -0.4 is 51.7 Å². The summed E-state index contributed by atoms with van der Waals surface area (Å²) in [7, 11) is 0. The second-order valence-corrected chi connectivity index (χ2v) is 12.1. The molecular weight excluding hydrogens is 542 g/mol. The first-order chi connectivity index (χ1) is 21.7. The quantitative estimate of drug-likeness (QED) is 0.275. The zero-order valence-corrected chi connectivity index (χ0v) is 24.0. The van der Waals surface area contributed by atoms with Gasteiger partial charge in [-0.25, -0.2) is 0 Å². The van der Waals surface area contributed by atoms with Gasteiger partial charge in [0.05, 0.1) is 0 Å². The summed E-state index contributed by atoms with van der Waals surface area (Å²) >= 11 is 0. The van der Waals surface area contributed by atoms with Crippen molar-refractivity contribution in [2.75, 3.05) is 0 Å². The highest BCUT2D eigenvalue weighted by Crippen LogP contribution is 2.39. The topological polar surface area (TPSA) is 36.9 Å². The Morgan fingerprint density at radius 3 is 1.64 bits per heavy atom. The molecule has 4 aliphatic rings. The molecule has 10 rings (SSSR count). The minimum absolute atomic E-state index is 0.0357.